The molecule has 3 fully saturated rings. The van der Waals surface area contributed by atoms with Gasteiger partial charge in [-0.2, -0.15) is 0 Å². The summed E-state index contributed by atoms with van der Waals surface area (Å²) < 4.78 is 0. The van der Waals surface area contributed by atoms with Crippen LogP contribution in [0.15, 0.2) is 0 Å². The van der Waals surface area contributed by atoms with Crippen LogP contribution in [0, 0.1) is 11.8 Å². The van der Waals surface area contributed by atoms with Gasteiger partial charge in [-0.1, -0.05) is 6.42 Å². The van der Waals surface area contributed by atoms with E-state index in [1.165, 1.54) is 12.8 Å². The number of amides is 2. The predicted molar refractivity (Wildman–Crippen MR) is 78.4 cm³/mol. The van der Waals surface area contributed by atoms with E-state index in [-0.39, 0.29) is 36.8 Å². The molecule has 1 aliphatic carbocycles. The van der Waals surface area contributed by atoms with Crippen LogP contribution in [0.2, 0.25) is 0 Å². The van der Waals surface area contributed by atoms with Gasteiger partial charge in [-0.25, -0.2) is 0 Å². The maximum atomic E-state index is 12.3. The lowest BCUT2D eigenvalue weighted by atomic mass is 9.78. The number of carbonyl (C=O) groups excluding carboxylic acids is 2. The molecule has 3 rings (SSSR count). The number of rotatable bonds is 2. The normalized spacial score (nSPS) is 33.0. The van der Waals surface area contributed by atoms with E-state index in [4.69, 9.17) is 5.73 Å². The fourth-order valence-corrected chi connectivity index (χ4v) is 3.85. The number of nitrogens with zero attached hydrogens (tertiary/aromatic N) is 2. The third-order valence-corrected chi connectivity index (χ3v) is 5.00. The van der Waals surface area contributed by atoms with Crippen LogP contribution < -0.4 is 5.73 Å². The van der Waals surface area contributed by atoms with Crippen molar-refractivity contribution in [1.29, 1.82) is 0 Å². The van der Waals surface area contributed by atoms with Crippen molar-refractivity contribution in [1.82, 2.24) is 9.80 Å². The van der Waals surface area contributed by atoms with Gasteiger partial charge in [0.05, 0.1) is 6.54 Å². The van der Waals surface area contributed by atoms with Crippen molar-refractivity contribution >= 4 is 24.2 Å². The highest BCUT2D eigenvalue weighted by Crippen LogP contribution is 2.35. The van der Waals surface area contributed by atoms with Crippen LogP contribution in [0.4, 0.5) is 0 Å². The Morgan fingerprint density at radius 2 is 2.05 bits per heavy atom. The number of nitrogens with two attached hydrogens (primary N) is 1. The summed E-state index contributed by atoms with van der Waals surface area (Å²) in [4.78, 5) is 27.5. The van der Waals surface area contributed by atoms with Crippen LogP contribution in [0.5, 0.6) is 0 Å². The molecule has 0 radical (unpaired) electrons. The van der Waals surface area contributed by atoms with Gasteiger partial charge < -0.3 is 15.5 Å². The molecule has 3 unspecified atom stereocenters. The zero-order chi connectivity index (χ0) is 13.4. The van der Waals surface area contributed by atoms with E-state index in [1.54, 1.807) is 4.90 Å². The maximum Gasteiger partial charge on any atom is 0.242 e. The summed E-state index contributed by atoms with van der Waals surface area (Å²) in [7, 11) is 0. The molecule has 2 heterocycles. The molecule has 0 spiro atoms. The topological polar surface area (TPSA) is 66.6 Å². The molecule has 0 aromatic carbocycles. The van der Waals surface area contributed by atoms with Crippen molar-refractivity contribution in [2.24, 2.45) is 17.6 Å². The molecule has 1 saturated carbocycles. The molecule has 2 saturated heterocycles. The largest absolute Gasteiger partial charge is 0.341 e. The highest BCUT2D eigenvalue weighted by molar-refractivity contribution is 5.86. The Balaban J connectivity index is 0.00000147. The SMILES string of the molecule is Cl.NC1CCCC2CN(C(=O)CN3CCCC3=O)CC12. The first-order chi connectivity index (χ1) is 9.15. The van der Waals surface area contributed by atoms with Gasteiger partial charge in [0.15, 0.2) is 0 Å². The minimum atomic E-state index is 0. The summed E-state index contributed by atoms with van der Waals surface area (Å²) in [5.41, 5.74) is 6.17. The number of hydrogen-bond donors (Lipinski definition) is 1. The van der Waals surface area contributed by atoms with E-state index >= 15 is 0 Å². The second-order valence-corrected chi connectivity index (χ2v) is 6.24. The first-order valence-corrected chi connectivity index (χ1v) is 7.46. The van der Waals surface area contributed by atoms with E-state index in [0.717, 1.165) is 32.5 Å². The number of halogens is 1. The molecule has 0 aromatic rings. The highest BCUT2D eigenvalue weighted by atomic mass is 35.5. The molecule has 3 aliphatic rings. The molecule has 3 atom stereocenters. The second-order valence-electron chi connectivity index (χ2n) is 6.24. The summed E-state index contributed by atoms with van der Waals surface area (Å²) in [5.74, 6) is 1.30. The Morgan fingerprint density at radius 3 is 2.70 bits per heavy atom. The molecular formula is C14H24ClN3O2. The van der Waals surface area contributed by atoms with Gasteiger partial charge in [0, 0.05) is 32.1 Å². The van der Waals surface area contributed by atoms with Crippen molar-refractivity contribution < 1.29 is 9.59 Å². The first kappa shape index (κ1) is 15.6. The Bertz CT molecular complexity index is 391. The molecule has 0 aromatic heterocycles. The lowest BCUT2D eigenvalue weighted by Crippen LogP contribution is -2.41. The van der Waals surface area contributed by atoms with E-state index < -0.39 is 0 Å². The van der Waals surface area contributed by atoms with Crippen molar-refractivity contribution in [2.45, 2.75) is 38.1 Å². The van der Waals surface area contributed by atoms with Gasteiger partial charge in [-0.15, -0.1) is 12.4 Å². The average Bonchev–Trinajstić information content (AvgIpc) is 2.97. The molecule has 6 heteroatoms. The van der Waals surface area contributed by atoms with Crippen LogP contribution in [0.3, 0.4) is 0 Å². The fourth-order valence-electron chi connectivity index (χ4n) is 3.85. The molecule has 2 amide bonds. The summed E-state index contributed by atoms with van der Waals surface area (Å²) in [6.45, 7) is 2.66. The summed E-state index contributed by atoms with van der Waals surface area (Å²) >= 11 is 0. The van der Waals surface area contributed by atoms with Gasteiger partial charge in [0.1, 0.15) is 0 Å². The number of fused-ring (bicyclic) bond motifs is 1. The quantitative estimate of drug-likeness (QED) is 0.813. The Hall–Kier alpha value is -0.810. The minimum Gasteiger partial charge on any atom is -0.341 e. The third-order valence-electron chi connectivity index (χ3n) is 5.00. The van der Waals surface area contributed by atoms with Crippen molar-refractivity contribution in [3.63, 3.8) is 0 Å². The van der Waals surface area contributed by atoms with E-state index in [9.17, 15) is 9.59 Å². The van der Waals surface area contributed by atoms with Crippen LogP contribution in [0.25, 0.3) is 0 Å². The Morgan fingerprint density at radius 1 is 1.25 bits per heavy atom. The van der Waals surface area contributed by atoms with Crippen LogP contribution in [-0.2, 0) is 9.59 Å². The Kier molecular flexibility index (Phi) is 4.91. The standard InChI is InChI=1S/C14H23N3O2.ClH/c15-12-4-1-3-10-7-17(8-11(10)12)14(19)9-16-6-2-5-13(16)18;/h10-12H,1-9,15H2;1H. The molecular weight excluding hydrogens is 278 g/mol. The fraction of sp³-hybridized carbons (Fsp3) is 0.857. The molecule has 2 N–H and O–H groups in total. The number of likely N-dealkylation sites (tertiary alicyclic amines) is 2. The predicted octanol–water partition coefficient (Wildman–Crippen LogP) is 0.616. The van der Waals surface area contributed by atoms with Crippen LogP contribution >= 0.6 is 12.4 Å². The van der Waals surface area contributed by atoms with Crippen molar-refractivity contribution in [2.75, 3.05) is 26.2 Å². The first-order valence-electron chi connectivity index (χ1n) is 7.46. The van der Waals surface area contributed by atoms with Crippen LogP contribution in [-0.4, -0.2) is 53.8 Å². The van der Waals surface area contributed by atoms with E-state index in [0.29, 0.717) is 18.3 Å². The summed E-state index contributed by atoms with van der Waals surface area (Å²) in [6.07, 6.45) is 4.97. The monoisotopic (exact) mass is 301 g/mol. The zero-order valence-corrected chi connectivity index (χ0v) is 12.6. The van der Waals surface area contributed by atoms with Gasteiger partial charge in [0.2, 0.25) is 11.8 Å². The summed E-state index contributed by atoms with van der Waals surface area (Å²) in [6, 6.07) is 0.255. The van der Waals surface area contributed by atoms with Gasteiger partial charge in [0.25, 0.3) is 0 Å². The molecule has 5 nitrogen and oxygen atoms in total. The number of hydrogen-bond acceptors (Lipinski definition) is 3. The summed E-state index contributed by atoms with van der Waals surface area (Å²) in [5, 5.41) is 0. The van der Waals surface area contributed by atoms with E-state index in [2.05, 4.69) is 0 Å². The highest BCUT2D eigenvalue weighted by Gasteiger charge is 2.40. The van der Waals surface area contributed by atoms with Gasteiger partial charge >= 0.3 is 0 Å². The number of carbonyl (C=O) groups is 2. The van der Waals surface area contributed by atoms with Crippen LogP contribution in [0.1, 0.15) is 32.1 Å². The second kappa shape index (κ2) is 6.31. The third kappa shape index (κ3) is 2.93. The average molecular weight is 302 g/mol. The lowest BCUT2D eigenvalue weighted by molar-refractivity contribution is -0.137. The minimum absolute atomic E-state index is 0. The molecule has 0 bridgehead atoms. The van der Waals surface area contributed by atoms with E-state index in [1.807, 2.05) is 4.90 Å². The molecule has 20 heavy (non-hydrogen) atoms. The Labute approximate surface area is 126 Å². The van der Waals surface area contributed by atoms with Gasteiger partial charge in [-0.3, -0.25) is 9.59 Å². The smallest absolute Gasteiger partial charge is 0.242 e. The van der Waals surface area contributed by atoms with Crippen molar-refractivity contribution in [3.8, 4) is 0 Å². The molecule has 2 aliphatic heterocycles. The zero-order valence-electron chi connectivity index (χ0n) is 11.8. The maximum absolute atomic E-state index is 12.3. The van der Waals surface area contributed by atoms with Gasteiger partial charge in [-0.05, 0) is 31.1 Å². The molecule has 114 valence electrons. The lowest BCUT2D eigenvalue weighted by Gasteiger charge is -2.29. The van der Waals surface area contributed by atoms with Crippen molar-refractivity contribution in [3.05, 3.63) is 0 Å².